The average Bonchev–Trinajstić information content (AvgIpc) is 2.84. The molecule has 31 heavy (non-hydrogen) atoms. The van der Waals surface area contributed by atoms with E-state index >= 15 is 0 Å². The molecule has 0 aliphatic heterocycles. The first-order chi connectivity index (χ1) is 15.3. The van der Waals surface area contributed by atoms with Gasteiger partial charge in [-0.05, 0) is 34.9 Å². The Morgan fingerprint density at radius 2 is 1.13 bits per heavy atom. The van der Waals surface area contributed by atoms with Gasteiger partial charge in [-0.15, -0.1) is 0 Å². The van der Waals surface area contributed by atoms with Crippen LogP contribution in [0.5, 0.6) is 5.75 Å². The molecule has 0 radical (unpaired) electrons. The second kappa shape index (κ2) is 7.96. The van der Waals surface area contributed by atoms with Crippen molar-refractivity contribution in [1.82, 2.24) is 4.98 Å². The van der Waals surface area contributed by atoms with Crippen LogP contribution in [0.4, 0.5) is 5.69 Å². The number of fused-ring (bicyclic) bond motifs is 1. The summed E-state index contributed by atoms with van der Waals surface area (Å²) in [6, 6.07) is 38.8. The Bertz CT molecular complexity index is 1210. The van der Waals surface area contributed by atoms with E-state index in [9.17, 15) is 5.11 Å². The van der Waals surface area contributed by atoms with Crippen LogP contribution in [0.15, 0.2) is 121 Å². The van der Waals surface area contributed by atoms with Crippen molar-refractivity contribution >= 4 is 16.6 Å². The number of aromatic nitrogens is 1. The molecule has 3 nitrogen and oxygen atoms in total. The third-order valence-electron chi connectivity index (χ3n) is 5.62. The number of nitrogens with one attached hydrogen (secondary N) is 1. The van der Waals surface area contributed by atoms with Crippen LogP contribution in [0, 0.1) is 0 Å². The van der Waals surface area contributed by atoms with Crippen molar-refractivity contribution in [3.63, 3.8) is 0 Å². The first-order valence-electron chi connectivity index (χ1n) is 10.3. The van der Waals surface area contributed by atoms with E-state index in [1.165, 1.54) is 0 Å². The Balaban J connectivity index is 1.75. The van der Waals surface area contributed by atoms with Crippen LogP contribution in [0.2, 0.25) is 0 Å². The van der Waals surface area contributed by atoms with Gasteiger partial charge in [0.1, 0.15) is 11.3 Å². The van der Waals surface area contributed by atoms with Gasteiger partial charge in [0.25, 0.3) is 0 Å². The molecular weight excluding hydrogens is 380 g/mol. The summed E-state index contributed by atoms with van der Waals surface area (Å²) in [6.07, 6.45) is 1.82. The molecule has 0 aliphatic rings. The fraction of sp³-hybridized carbons (Fsp3) is 0.0357. The van der Waals surface area contributed by atoms with Gasteiger partial charge in [0.05, 0.1) is 17.4 Å². The fourth-order valence-corrected chi connectivity index (χ4v) is 4.18. The number of phenols is 1. The van der Waals surface area contributed by atoms with Crippen molar-refractivity contribution in [3.8, 4) is 5.75 Å². The quantitative estimate of drug-likeness (QED) is 0.337. The average molecular weight is 402 g/mol. The molecule has 0 bridgehead atoms. The zero-order valence-electron chi connectivity index (χ0n) is 16.9. The summed E-state index contributed by atoms with van der Waals surface area (Å²) in [5, 5.41) is 14.6. The first-order valence-corrected chi connectivity index (χ1v) is 10.3. The van der Waals surface area contributed by atoms with Crippen LogP contribution in [0.1, 0.15) is 16.7 Å². The van der Waals surface area contributed by atoms with E-state index in [4.69, 9.17) is 0 Å². The van der Waals surface area contributed by atoms with Crippen molar-refractivity contribution in [1.29, 1.82) is 0 Å². The Labute approximate surface area is 181 Å². The SMILES string of the molecule is Oc1ccc2cc(NC(c3ccccc3)(c3ccccc3)c3ccccc3)cnc2c1. The Morgan fingerprint density at radius 1 is 0.613 bits per heavy atom. The molecule has 0 saturated carbocycles. The number of pyridine rings is 1. The van der Waals surface area contributed by atoms with Crippen molar-refractivity contribution < 1.29 is 5.11 Å². The van der Waals surface area contributed by atoms with Crippen molar-refractivity contribution in [2.45, 2.75) is 5.54 Å². The van der Waals surface area contributed by atoms with Crippen LogP contribution >= 0.6 is 0 Å². The lowest BCUT2D eigenvalue weighted by Gasteiger charge is -2.37. The number of phenolic OH excluding ortho intramolecular Hbond substituents is 1. The molecule has 4 aromatic carbocycles. The molecule has 0 aliphatic carbocycles. The fourth-order valence-electron chi connectivity index (χ4n) is 4.18. The van der Waals surface area contributed by atoms with Gasteiger partial charge < -0.3 is 10.4 Å². The summed E-state index contributed by atoms with van der Waals surface area (Å²) in [6.45, 7) is 0. The van der Waals surface area contributed by atoms with E-state index in [1.807, 2.05) is 30.5 Å². The molecule has 0 fully saturated rings. The Kier molecular flexibility index (Phi) is 4.85. The number of hydrogen-bond donors (Lipinski definition) is 2. The van der Waals surface area contributed by atoms with E-state index in [0.29, 0.717) is 0 Å². The molecule has 1 aromatic heterocycles. The van der Waals surface area contributed by atoms with Gasteiger partial charge in [-0.3, -0.25) is 4.98 Å². The molecule has 5 rings (SSSR count). The molecule has 2 N–H and O–H groups in total. The highest BCUT2D eigenvalue weighted by Gasteiger charge is 2.36. The minimum absolute atomic E-state index is 0.216. The summed E-state index contributed by atoms with van der Waals surface area (Å²) >= 11 is 0. The zero-order valence-corrected chi connectivity index (χ0v) is 16.9. The molecular formula is C28H22N2O. The summed E-state index contributed by atoms with van der Waals surface area (Å²) in [4.78, 5) is 4.58. The summed E-state index contributed by atoms with van der Waals surface area (Å²) in [5.74, 6) is 0.216. The molecule has 0 spiro atoms. The van der Waals surface area contributed by atoms with E-state index in [2.05, 4.69) is 89.2 Å². The lowest BCUT2D eigenvalue weighted by molar-refractivity contribution is 0.476. The van der Waals surface area contributed by atoms with Gasteiger partial charge in [0.2, 0.25) is 0 Å². The van der Waals surface area contributed by atoms with Crippen LogP contribution < -0.4 is 5.32 Å². The van der Waals surface area contributed by atoms with Crippen molar-refractivity contribution in [2.24, 2.45) is 0 Å². The number of hydrogen-bond acceptors (Lipinski definition) is 3. The number of nitrogens with zero attached hydrogens (tertiary/aromatic N) is 1. The molecule has 0 unspecified atom stereocenters. The minimum Gasteiger partial charge on any atom is -0.508 e. The zero-order chi connectivity index (χ0) is 21.1. The highest BCUT2D eigenvalue weighted by molar-refractivity contribution is 5.83. The van der Waals surface area contributed by atoms with E-state index in [0.717, 1.165) is 33.3 Å². The second-order valence-corrected chi connectivity index (χ2v) is 7.57. The van der Waals surface area contributed by atoms with Gasteiger partial charge in [-0.25, -0.2) is 0 Å². The smallest absolute Gasteiger partial charge is 0.117 e. The largest absolute Gasteiger partial charge is 0.508 e. The van der Waals surface area contributed by atoms with Gasteiger partial charge in [0, 0.05) is 11.5 Å². The standard InChI is InChI=1S/C28H22N2O/c31-26-17-16-21-18-25(20-29-27(21)19-26)30-28(22-10-4-1-5-11-22,23-12-6-2-7-13-23)24-14-8-3-9-15-24/h1-20,30-31H. The maximum atomic E-state index is 9.78. The normalized spacial score (nSPS) is 11.4. The monoisotopic (exact) mass is 402 g/mol. The molecule has 150 valence electrons. The number of anilines is 1. The van der Waals surface area contributed by atoms with Crippen LogP contribution in [-0.4, -0.2) is 10.1 Å². The summed E-state index contributed by atoms with van der Waals surface area (Å²) in [7, 11) is 0. The number of aromatic hydroxyl groups is 1. The third-order valence-corrected chi connectivity index (χ3v) is 5.62. The van der Waals surface area contributed by atoms with E-state index in [-0.39, 0.29) is 5.75 Å². The van der Waals surface area contributed by atoms with Gasteiger partial charge in [-0.2, -0.15) is 0 Å². The van der Waals surface area contributed by atoms with Crippen LogP contribution in [0.3, 0.4) is 0 Å². The lowest BCUT2D eigenvalue weighted by Crippen LogP contribution is -2.38. The molecule has 1 heterocycles. The van der Waals surface area contributed by atoms with Gasteiger partial charge >= 0.3 is 0 Å². The first kappa shape index (κ1) is 18.9. The predicted molar refractivity (Wildman–Crippen MR) is 126 cm³/mol. The highest BCUT2D eigenvalue weighted by atomic mass is 16.3. The van der Waals surface area contributed by atoms with Crippen LogP contribution in [-0.2, 0) is 5.54 Å². The second-order valence-electron chi connectivity index (χ2n) is 7.57. The molecule has 3 heteroatoms. The predicted octanol–water partition coefficient (Wildman–Crippen LogP) is 6.34. The maximum absolute atomic E-state index is 9.78. The van der Waals surface area contributed by atoms with Crippen molar-refractivity contribution in [2.75, 3.05) is 5.32 Å². The third kappa shape index (κ3) is 3.51. The molecule has 0 amide bonds. The Hall–Kier alpha value is -4.11. The molecule has 0 saturated heterocycles. The highest BCUT2D eigenvalue weighted by Crippen LogP contribution is 2.40. The summed E-state index contributed by atoms with van der Waals surface area (Å²) < 4.78 is 0. The maximum Gasteiger partial charge on any atom is 0.117 e. The van der Waals surface area contributed by atoms with Crippen LogP contribution in [0.25, 0.3) is 10.9 Å². The van der Waals surface area contributed by atoms with E-state index in [1.54, 1.807) is 12.1 Å². The van der Waals surface area contributed by atoms with Gasteiger partial charge in [0.15, 0.2) is 0 Å². The minimum atomic E-state index is -0.601. The lowest BCUT2D eigenvalue weighted by atomic mass is 9.77. The molecule has 0 atom stereocenters. The summed E-state index contributed by atoms with van der Waals surface area (Å²) in [5.41, 5.74) is 4.47. The van der Waals surface area contributed by atoms with Gasteiger partial charge in [-0.1, -0.05) is 91.0 Å². The van der Waals surface area contributed by atoms with E-state index < -0.39 is 5.54 Å². The topological polar surface area (TPSA) is 45.1 Å². The number of benzene rings is 4. The van der Waals surface area contributed by atoms with Crippen molar-refractivity contribution in [3.05, 3.63) is 138 Å². The Morgan fingerprint density at radius 3 is 1.65 bits per heavy atom. The number of rotatable bonds is 5. The molecule has 5 aromatic rings.